The highest BCUT2D eigenvalue weighted by Gasteiger charge is 2.40. The molecule has 0 radical (unpaired) electrons. The van der Waals surface area contributed by atoms with Crippen LogP contribution < -0.4 is 5.32 Å². The van der Waals surface area contributed by atoms with Gasteiger partial charge in [-0.3, -0.25) is 4.79 Å². The van der Waals surface area contributed by atoms with E-state index in [9.17, 15) is 17.6 Å². The number of halogens is 2. The Hall–Kier alpha value is -1.48. The molecule has 9 heteroatoms. The van der Waals surface area contributed by atoms with Gasteiger partial charge in [-0.15, -0.1) is 11.3 Å². The molecule has 24 heavy (non-hydrogen) atoms. The molecule has 0 aliphatic carbocycles. The second kappa shape index (κ2) is 6.79. The van der Waals surface area contributed by atoms with Crippen LogP contribution in [0.1, 0.15) is 12.8 Å². The van der Waals surface area contributed by atoms with E-state index in [0.29, 0.717) is 22.9 Å². The summed E-state index contributed by atoms with van der Waals surface area (Å²) in [7, 11) is -3.76. The second-order valence-corrected chi connectivity index (χ2v) is 9.16. The molecule has 2 heterocycles. The number of thiophene rings is 1. The molecular formula is C15H14ClFN2O3S2. The van der Waals surface area contributed by atoms with Gasteiger partial charge in [0.25, 0.3) is 10.0 Å². The lowest BCUT2D eigenvalue weighted by Crippen LogP contribution is -2.42. The van der Waals surface area contributed by atoms with Gasteiger partial charge in [-0.1, -0.05) is 11.6 Å². The first-order chi connectivity index (χ1) is 11.4. The topological polar surface area (TPSA) is 66.5 Å². The van der Waals surface area contributed by atoms with Gasteiger partial charge in [-0.05, 0) is 49.2 Å². The van der Waals surface area contributed by atoms with Gasteiger partial charge in [0.1, 0.15) is 16.1 Å². The number of carbonyl (C=O) groups is 1. The van der Waals surface area contributed by atoms with E-state index in [1.54, 1.807) is 0 Å². The molecule has 0 bridgehead atoms. The summed E-state index contributed by atoms with van der Waals surface area (Å²) in [6.45, 7) is 0.277. The van der Waals surface area contributed by atoms with E-state index in [1.165, 1.54) is 40.7 Å². The fraction of sp³-hybridized carbons (Fsp3) is 0.267. The lowest BCUT2D eigenvalue weighted by molar-refractivity contribution is -0.119. The summed E-state index contributed by atoms with van der Waals surface area (Å²) < 4.78 is 40.0. The van der Waals surface area contributed by atoms with Crippen molar-refractivity contribution < 1.29 is 17.6 Å². The Morgan fingerprint density at radius 3 is 2.58 bits per heavy atom. The van der Waals surface area contributed by atoms with Gasteiger partial charge in [0.15, 0.2) is 0 Å². The van der Waals surface area contributed by atoms with Crippen LogP contribution in [0.5, 0.6) is 0 Å². The number of nitrogens with zero attached hydrogens (tertiary/aromatic N) is 1. The molecular weight excluding hydrogens is 375 g/mol. The van der Waals surface area contributed by atoms with Gasteiger partial charge in [-0.25, -0.2) is 12.8 Å². The van der Waals surface area contributed by atoms with Crippen molar-refractivity contribution in [2.75, 3.05) is 11.9 Å². The minimum atomic E-state index is -3.76. The summed E-state index contributed by atoms with van der Waals surface area (Å²) in [6.07, 6.45) is 1.03. The fourth-order valence-electron chi connectivity index (χ4n) is 2.60. The van der Waals surface area contributed by atoms with Crippen molar-refractivity contribution in [3.8, 4) is 0 Å². The molecule has 0 spiro atoms. The lowest BCUT2D eigenvalue weighted by Gasteiger charge is -2.22. The van der Waals surface area contributed by atoms with Crippen molar-refractivity contribution >= 4 is 44.6 Å². The van der Waals surface area contributed by atoms with Crippen LogP contribution >= 0.6 is 22.9 Å². The number of anilines is 1. The van der Waals surface area contributed by atoms with E-state index in [4.69, 9.17) is 11.6 Å². The van der Waals surface area contributed by atoms with Gasteiger partial charge >= 0.3 is 0 Å². The van der Waals surface area contributed by atoms with Crippen LogP contribution in [0.4, 0.5) is 10.1 Å². The van der Waals surface area contributed by atoms with Crippen molar-refractivity contribution in [3.05, 3.63) is 46.6 Å². The number of amides is 1. The molecule has 1 aliphatic rings. The lowest BCUT2D eigenvalue weighted by atomic mass is 10.2. The normalized spacial score (nSPS) is 18.7. The van der Waals surface area contributed by atoms with Crippen LogP contribution in [0.15, 0.2) is 40.6 Å². The van der Waals surface area contributed by atoms with Crippen LogP contribution in [0.2, 0.25) is 4.34 Å². The van der Waals surface area contributed by atoms with Crippen molar-refractivity contribution in [3.63, 3.8) is 0 Å². The average Bonchev–Trinajstić information content (AvgIpc) is 3.19. The van der Waals surface area contributed by atoms with Crippen molar-refractivity contribution in [2.45, 2.75) is 23.1 Å². The van der Waals surface area contributed by atoms with Crippen molar-refractivity contribution in [1.29, 1.82) is 0 Å². The van der Waals surface area contributed by atoms with Gasteiger partial charge in [0.2, 0.25) is 5.91 Å². The highest BCUT2D eigenvalue weighted by Crippen LogP contribution is 2.32. The molecule has 1 aromatic heterocycles. The predicted octanol–water partition coefficient (Wildman–Crippen LogP) is 3.33. The summed E-state index contributed by atoms with van der Waals surface area (Å²) in [5, 5.41) is 2.64. The minimum absolute atomic E-state index is 0.119. The van der Waals surface area contributed by atoms with Crippen LogP contribution in [-0.2, 0) is 14.8 Å². The molecule has 0 saturated carbocycles. The molecule has 2 aromatic rings. The Labute approximate surface area is 148 Å². The highest BCUT2D eigenvalue weighted by molar-refractivity contribution is 7.91. The van der Waals surface area contributed by atoms with Gasteiger partial charge in [0, 0.05) is 12.2 Å². The molecule has 5 nitrogen and oxygen atoms in total. The summed E-state index contributed by atoms with van der Waals surface area (Å²) >= 11 is 6.78. The van der Waals surface area contributed by atoms with Crippen LogP contribution in [0.25, 0.3) is 0 Å². The molecule has 1 amide bonds. The zero-order valence-corrected chi connectivity index (χ0v) is 14.8. The molecule has 128 valence electrons. The third-order valence-corrected chi connectivity index (χ3v) is 7.34. The second-order valence-electron chi connectivity index (χ2n) is 5.33. The average molecular weight is 389 g/mol. The summed E-state index contributed by atoms with van der Waals surface area (Å²) in [5.74, 6) is -0.835. The van der Waals surface area contributed by atoms with Crippen LogP contribution in [0, 0.1) is 5.82 Å². The summed E-state index contributed by atoms with van der Waals surface area (Å²) in [4.78, 5) is 12.5. The van der Waals surface area contributed by atoms with E-state index in [1.807, 2.05) is 0 Å². The number of rotatable bonds is 4. The number of hydrogen-bond acceptors (Lipinski definition) is 4. The Bertz CT molecular complexity index is 852. The largest absolute Gasteiger partial charge is 0.325 e. The van der Waals surface area contributed by atoms with Crippen LogP contribution in [-0.4, -0.2) is 31.2 Å². The monoisotopic (exact) mass is 388 g/mol. The molecule has 1 fully saturated rings. The maximum absolute atomic E-state index is 12.9. The Kier molecular flexibility index (Phi) is 4.91. The van der Waals surface area contributed by atoms with E-state index in [0.717, 1.165) is 11.3 Å². The van der Waals surface area contributed by atoms with Crippen molar-refractivity contribution in [1.82, 2.24) is 4.31 Å². The molecule has 1 aliphatic heterocycles. The smallest absolute Gasteiger partial charge is 0.253 e. The zero-order chi connectivity index (χ0) is 17.3. The molecule has 1 N–H and O–H groups in total. The van der Waals surface area contributed by atoms with Gasteiger partial charge in [-0.2, -0.15) is 4.31 Å². The summed E-state index contributed by atoms with van der Waals surface area (Å²) in [6, 6.07) is 7.48. The first-order valence-electron chi connectivity index (χ1n) is 7.21. The first kappa shape index (κ1) is 17.3. The number of nitrogens with one attached hydrogen (secondary N) is 1. The van der Waals surface area contributed by atoms with Crippen molar-refractivity contribution in [2.24, 2.45) is 0 Å². The standard InChI is InChI=1S/C15H14ClFN2O3S2/c16-13-7-8-14(23-13)24(21,22)19-9-1-2-12(19)15(20)18-11-5-3-10(17)4-6-11/h3-8,12H,1-2,9H2,(H,18,20)/t12-/m1/s1. The number of benzene rings is 1. The minimum Gasteiger partial charge on any atom is -0.325 e. The van der Waals surface area contributed by atoms with Crippen LogP contribution in [0.3, 0.4) is 0 Å². The van der Waals surface area contributed by atoms with Gasteiger partial charge < -0.3 is 5.32 Å². The zero-order valence-electron chi connectivity index (χ0n) is 12.4. The fourth-order valence-corrected chi connectivity index (χ4v) is 5.87. The molecule has 1 aromatic carbocycles. The van der Waals surface area contributed by atoms with E-state index < -0.39 is 27.8 Å². The third kappa shape index (κ3) is 3.46. The van der Waals surface area contributed by atoms with E-state index >= 15 is 0 Å². The molecule has 0 unspecified atom stereocenters. The Morgan fingerprint density at radius 1 is 1.25 bits per heavy atom. The van der Waals surface area contributed by atoms with E-state index in [2.05, 4.69) is 5.32 Å². The SMILES string of the molecule is O=C(Nc1ccc(F)cc1)[C@H]1CCCN1S(=O)(=O)c1ccc(Cl)s1. The highest BCUT2D eigenvalue weighted by atomic mass is 35.5. The Morgan fingerprint density at radius 2 is 1.96 bits per heavy atom. The predicted molar refractivity (Wildman–Crippen MR) is 91.3 cm³/mol. The third-order valence-electron chi connectivity index (χ3n) is 3.73. The number of sulfonamides is 1. The number of hydrogen-bond donors (Lipinski definition) is 1. The first-order valence-corrected chi connectivity index (χ1v) is 9.85. The molecule has 3 rings (SSSR count). The number of carbonyl (C=O) groups excluding carboxylic acids is 1. The molecule has 1 saturated heterocycles. The Balaban J connectivity index is 1.80. The maximum Gasteiger partial charge on any atom is 0.253 e. The summed E-state index contributed by atoms with van der Waals surface area (Å²) in [5.41, 5.74) is 0.421. The maximum atomic E-state index is 12.9. The van der Waals surface area contributed by atoms with E-state index in [-0.39, 0.29) is 10.8 Å². The van der Waals surface area contributed by atoms with Gasteiger partial charge in [0.05, 0.1) is 4.34 Å². The molecule has 1 atom stereocenters. The quantitative estimate of drug-likeness (QED) is 0.873.